The summed E-state index contributed by atoms with van der Waals surface area (Å²) < 4.78 is 0. The molecule has 142 valence electrons. The molecule has 0 saturated carbocycles. The largest absolute Gasteiger partial charge is 1.00 e. The zero-order chi connectivity index (χ0) is 18.3. The second kappa shape index (κ2) is 28.7. The van der Waals surface area contributed by atoms with Gasteiger partial charge < -0.3 is 9.90 Å². The predicted molar refractivity (Wildman–Crippen MR) is 105 cm³/mol. The zero-order valence-corrected chi connectivity index (χ0v) is 19.2. The summed E-state index contributed by atoms with van der Waals surface area (Å²) in [5.74, 6) is -0.903. The van der Waals surface area contributed by atoms with Crippen LogP contribution in [0, 0.1) is 0 Å². The fourth-order valence-electron chi connectivity index (χ4n) is 2.64. The molecule has 0 heterocycles. The third-order valence-corrected chi connectivity index (χ3v) is 4.15. The molecule has 0 rings (SSSR count). The van der Waals surface area contributed by atoms with Crippen molar-refractivity contribution >= 4 is 5.97 Å². The van der Waals surface area contributed by atoms with Gasteiger partial charge in [0.1, 0.15) is 0 Å². The van der Waals surface area contributed by atoms with Crippen molar-refractivity contribution in [3.05, 3.63) is 25.3 Å². The smallest absolute Gasteiger partial charge is 0.550 e. The van der Waals surface area contributed by atoms with Crippen molar-refractivity contribution in [1.82, 2.24) is 0 Å². The van der Waals surface area contributed by atoms with Crippen molar-refractivity contribution in [3.8, 4) is 0 Å². The summed E-state index contributed by atoms with van der Waals surface area (Å²) in [6.45, 7) is 8.99. The first-order valence-corrected chi connectivity index (χ1v) is 10.1. The Kier molecular flexibility index (Phi) is 34.1. The standard InChI is InChI=1S/C18H36O2.C4H6.Na/c1-2-3-4-5-6-7-8-9-10-11-12-13-14-15-16-17-18(19)20;1-3-4-2;/h2-17H2,1H3,(H,19,20);3-4H,1-2H2;/q;;+1/p-1. The summed E-state index contributed by atoms with van der Waals surface area (Å²) in [5.41, 5.74) is 0. The molecule has 0 aliphatic rings. The molecule has 2 nitrogen and oxygen atoms in total. The molecule has 0 bridgehead atoms. The van der Waals surface area contributed by atoms with E-state index in [-0.39, 0.29) is 36.0 Å². The number of allylic oxidation sites excluding steroid dienone is 2. The number of aliphatic carboxylic acids is 1. The Labute approximate surface area is 179 Å². The van der Waals surface area contributed by atoms with Crippen molar-refractivity contribution in [2.24, 2.45) is 0 Å². The molecule has 0 N–H and O–H groups in total. The van der Waals surface area contributed by atoms with Crippen LogP contribution in [0.5, 0.6) is 0 Å². The Morgan fingerprint density at radius 2 is 0.960 bits per heavy atom. The van der Waals surface area contributed by atoms with Crippen molar-refractivity contribution in [2.75, 3.05) is 0 Å². The minimum atomic E-state index is -0.903. The van der Waals surface area contributed by atoms with Crippen LogP contribution in [0.3, 0.4) is 0 Å². The Morgan fingerprint density at radius 1 is 0.680 bits per heavy atom. The van der Waals surface area contributed by atoms with E-state index < -0.39 is 5.97 Å². The van der Waals surface area contributed by atoms with E-state index in [0.717, 1.165) is 12.8 Å². The molecule has 0 amide bonds. The molecule has 0 spiro atoms. The van der Waals surface area contributed by atoms with Crippen LogP contribution in [0.1, 0.15) is 110 Å². The van der Waals surface area contributed by atoms with E-state index in [1.807, 2.05) is 0 Å². The molecule has 0 atom stereocenters. The minimum Gasteiger partial charge on any atom is -0.550 e. The molecule has 0 unspecified atom stereocenters. The number of carboxylic acids is 1. The van der Waals surface area contributed by atoms with Crippen molar-refractivity contribution < 1.29 is 39.5 Å². The summed E-state index contributed by atoms with van der Waals surface area (Å²) >= 11 is 0. The van der Waals surface area contributed by atoms with Gasteiger partial charge >= 0.3 is 29.6 Å². The second-order valence-corrected chi connectivity index (χ2v) is 6.54. The minimum absolute atomic E-state index is 0. The van der Waals surface area contributed by atoms with Crippen LogP contribution in [-0.2, 0) is 4.79 Å². The number of hydrogen-bond acceptors (Lipinski definition) is 2. The third kappa shape index (κ3) is 35.8. The molecular weight excluding hydrogens is 319 g/mol. The number of carbonyl (C=O) groups excluding carboxylic acids is 1. The molecule has 0 aliphatic carbocycles. The van der Waals surface area contributed by atoms with Crippen LogP contribution in [0.15, 0.2) is 25.3 Å². The van der Waals surface area contributed by atoms with E-state index in [0.29, 0.717) is 0 Å². The van der Waals surface area contributed by atoms with Gasteiger partial charge in [-0.05, 0) is 12.8 Å². The topological polar surface area (TPSA) is 40.1 Å². The van der Waals surface area contributed by atoms with Gasteiger partial charge in [-0.1, -0.05) is 122 Å². The van der Waals surface area contributed by atoms with Gasteiger partial charge in [0.2, 0.25) is 0 Å². The van der Waals surface area contributed by atoms with Crippen molar-refractivity contribution in [3.63, 3.8) is 0 Å². The molecule has 0 aromatic rings. The molecule has 0 saturated heterocycles. The van der Waals surface area contributed by atoms with Crippen molar-refractivity contribution in [1.29, 1.82) is 0 Å². The van der Waals surface area contributed by atoms with Crippen LogP contribution in [0.4, 0.5) is 0 Å². The van der Waals surface area contributed by atoms with Crippen LogP contribution in [0.2, 0.25) is 0 Å². The van der Waals surface area contributed by atoms with E-state index in [9.17, 15) is 9.90 Å². The molecule has 25 heavy (non-hydrogen) atoms. The zero-order valence-electron chi connectivity index (χ0n) is 17.2. The number of carboxylic acid groups (broad SMARTS) is 1. The summed E-state index contributed by atoms with van der Waals surface area (Å²) in [6, 6.07) is 0. The Bertz CT molecular complexity index is 271. The molecule has 0 aromatic carbocycles. The number of unbranched alkanes of at least 4 members (excludes halogenated alkanes) is 14. The Morgan fingerprint density at radius 3 is 1.20 bits per heavy atom. The first kappa shape index (κ1) is 29.7. The summed E-state index contributed by atoms with van der Waals surface area (Å²) in [6.07, 6.45) is 23.1. The summed E-state index contributed by atoms with van der Waals surface area (Å²) in [4.78, 5) is 10.2. The van der Waals surface area contributed by atoms with Gasteiger partial charge in [-0.3, -0.25) is 0 Å². The van der Waals surface area contributed by atoms with Crippen LogP contribution >= 0.6 is 0 Å². The van der Waals surface area contributed by atoms with Gasteiger partial charge in [0.25, 0.3) is 0 Å². The van der Waals surface area contributed by atoms with E-state index in [1.165, 1.54) is 83.5 Å². The molecule has 3 heteroatoms. The average molecular weight is 361 g/mol. The van der Waals surface area contributed by atoms with Gasteiger partial charge in [0.05, 0.1) is 0 Å². The van der Waals surface area contributed by atoms with Gasteiger partial charge in [0.15, 0.2) is 0 Å². The molecule has 0 fully saturated rings. The van der Waals surface area contributed by atoms with E-state index in [1.54, 1.807) is 12.2 Å². The van der Waals surface area contributed by atoms with E-state index in [2.05, 4.69) is 20.1 Å². The first-order valence-electron chi connectivity index (χ1n) is 10.1. The quantitative estimate of drug-likeness (QED) is 0.227. The fraction of sp³-hybridized carbons (Fsp3) is 0.773. The summed E-state index contributed by atoms with van der Waals surface area (Å²) in [5, 5.41) is 10.2. The first-order chi connectivity index (χ1) is 11.7. The SMILES string of the molecule is C=CC=C.CCCCCCCCCCCCCCCCCC(=O)[O-].[Na+]. The normalized spacial score (nSPS) is 9.48. The molecule has 0 aromatic heterocycles. The van der Waals surface area contributed by atoms with E-state index >= 15 is 0 Å². The Balaban J connectivity index is -0.000000867. The maximum Gasteiger partial charge on any atom is 1.00 e. The number of rotatable bonds is 17. The number of carbonyl (C=O) groups is 1. The Hall–Kier alpha value is -0.0500. The molecule has 0 radical (unpaired) electrons. The van der Waals surface area contributed by atoms with Gasteiger partial charge in [-0.2, -0.15) is 0 Å². The fourth-order valence-corrected chi connectivity index (χ4v) is 2.64. The van der Waals surface area contributed by atoms with Gasteiger partial charge in [-0.15, -0.1) is 0 Å². The van der Waals surface area contributed by atoms with Crippen LogP contribution in [0.25, 0.3) is 0 Å². The van der Waals surface area contributed by atoms with Crippen LogP contribution < -0.4 is 34.7 Å². The average Bonchev–Trinajstić information content (AvgIpc) is 2.58. The van der Waals surface area contributed by atoms with Crippen molar-refractivity contribution in [2.45, 2.75) is 110 Å². The van der Waals surface area contributed by atoms with Crippen LogP contribution in [-0.4, -0.2) is 5.97 Å². The van der Waals surface area contributed by atoms with Gasteiger partial charge in [-0.25, -0.2) is 0 Å². The monoisotopic (exact) mass is 360 g/mol. The maximum atomic E-state index is 10.2. The summed E-state index contributed by atoms with van der Waals surface area (Å²) in [7, 11) is 0. The maximum absolute atomic E-state index is 10.2. The molecular formula is C22H41NaO2. The van der Waals surface area contributed by atoms with Gasteiger partial charge in [0, 0.05) is 5.97 Å². The predicted octanol–water partition coefficient (Wildman–Crippen LogP) is 3.36. The third-order valence-electron chi connectivity index (χ3n) is 4.15. The van der Waals surface area contributed by atoms with E-state index in [4.69, 9.17) is 0 Å². The second-order valence-electron chi connectivity index (χ2n) is 6.54. The number of hydrogen-bond donors (Lipinski definition) is 0. The molecule has 0 aliphatic heterocycles.